The Hall–Kier alpha value is -3.61. The van der Waals surface area contributed by atoms with Gasteiger partial charge in [-0.05, 0) is 53.4 Å². The average Bonchev–Trinajstić information content (AvgIpc) is 3.14. The lowest BCUT2D eigenvalue weighted by molar-refractivity contribution is -0.137. The molecule has 4 nitrogen and oxygen atoms in total. The average molecular weight is 437 g/mol. The van der Waals surface area contributed by atoms with Gasteiger partial charge in [0.05, 0.1) is 17.3 Å². The van der Waals surface area contributed by atoms with E-state index < -0.39 is 11.7 Å². The molecule has 32 heavy (non-hydrogen) atoms. The zero-order chi connectivity index (χ0) is 23.0. The third-order valence-corrected chi connectivity index (χ3v) is 5.57. The number of amides is 1. The van der Waals surface area contributed by atoms with Crippen LogP contribution in [-0.4, -0.2) is 27.6 Å². The quantitative estimate of drug-likeness (QED) is 0.402. The van der Waals surface area contributed by atoms with Gasteiger partial charge in [-0.15, -0.1) is 0 Å². The van der Waals surface area contributed by atoms with E-state index in [0.717, 1.165) is 34.2 Å². The molecule has 1 aromatic heterocycles. The standard InChI is InChI=1S/C25H22F3N3O/c1-16-12-18(10-11-22(16)17-6-5-9-21(13-17)25(26,27)28)24(32)30(2)15-20-8-4-7-19-14-29-31(3)23(19)20/h4-14H,15H2,1-3H3. The number of carbonyl (C=O) groups is 1. The van der Waals surface area contributed by atoms with E-state index in [2.05, 4.69) is 5.10 Å². The second-order valence-electron chi connectivity index (χ2n) is 7.89. The number of alkyl halides is 3. The number of rotatable bonds is 4. The van der Waals surface area contributed by atoms with Crippen molar-refractivity contribution in [1.29, 1.82) is 0 Å². The first-order chi connectivity index (χ1) is 15.1. The van der Waals surface area contributed by atoms with Gasteiger partial charge in [0.2, 0.25) is 0 Å². The van der Waals surface area contributed by atoms with Crippen LogP contribution in [0.3, 0.4) is 0 Å². The minimum atomic E-state index is -4.40. The van der Waals surface area contributed by atoms with E-state index in [1.54, 1.807) is 54.0 Å². The molecule has 0 spiro atoms. The van der Waals surface area contributed by atoms with Crippen LogP contribution >= 0.6 is 0 Å². The Kier molecular flexibility index (Phi) is 5.50. The Morgan fingerprint density at radius 3 is 2.53 bits per heavy atom. The minimum absolute atomic E-state index is 0.164. The highest BCUT2D eigenvalue weighted by atomic mass is 19.4. The lowest BCUT2D eigenvalue weighted by atomic mass is 9.96. The molecule has 0 N–H and O–H groups in total. The molecule has 0 bridgehead atoms. The topological polar surface area (TPSA) is 38.1 Å². The van der Waals surface area contributed by atoms with E-state index in [9.17, 15) is 18.0 Å². The molecule has 3 aromatic carbocycles. The molecule has 7 heteroatoms. The zero-order valence-electron chi connectivity index (χ0n) is 17.9. The number of halogens is 3. The Bertz CT molecular complexity index is 1310. The van der Waals surface area contributed by atoms with E-state index in [0.29, 0.717) is 23.2 Å². The van der Waals surface area contributed by atoms with Crippen molar-refractivity contribution in [3.8, 4) is 11.1 Å². The van der Waals surface area contributed by atoms with E-state index in [-0.39, 0.29) is 5.91 Å². The number of hydrogen-bond acceptors (Lipinski definition) is 2. The summed E-state index contributed by atoms with van der Waals surface area (Å²) in [7, 11) is 3.59. The van der Waals surface area contributed by atoms with Crippen molar-refractivity contribution in [1.82, 2.24) is 14.7 Å². The van der Waals surface area contributed by atoms with Gasteiger partial charge in [-0.2, -0.15) is 18.3 Å². The summed E-state index contributed by atoms with van der Waals surface area (Å²) in [4.78, 5) is 14.7. The Morgan fingerprint density at radius 1 is 1.06 bits per heavy atom. The lowest BCUT2D eigenvalue weighted by Crippen LogP contribution is -2.26. The summed E-state index contributed by atoms with van der Waals surface area (Å²) in [5, 5.41) is 5.29. The molecule has 4 rings (SSSR count). The predicted molar refractivity (Wildman–Crippen MR) is 118 cm³/mol. The summed E-state index contributed by atoms with van der Waals surface area (Å²) >= 11 is 0. The van der Waals surface area contributed by atoms with Crippen LogP contribution in [0.5, 0.6) is 0 Å². The number of para-hydroxylation sites is 1. The molecule has 0 aliphatic heterocycles. The van der Waals surface area contributed by atoms with Crippen molar-refractivity contribution in [3.05, 3.63) is 89.1 Å². The molecular weight excluding hydrogens is 415 g/mol. The first-order valence-electron chi connectivity index (χ1n) is 10.1. The van der Waals surface area contributed by atoms with Gasteiger partial charge in [0.15, 0.2) is 0 Å². The normalized spacial score (nSPS) is 11.7. The van der Waals surface area contributed by atoms with Crippen molar-refractivity contribution in [2.45, 2.75) is 19.6 Å². The van der Waals surface area contributed by atoms with Gasteiger partial charge in [0.1, 0.15) is 0 Å². The van der Waals surface area contributed by atoms with Crippen LogP contribution in [0.15, 0.2) is 66.9 Å². The monoisotopic (exact) mass is 437 g/mol. The highest BCUT2D eigenvalue weighted by Gasteiger charge is 2.30. The molecule has 164 valence electrons. The molecule has 1 heterocycles. The predicted octanol–water partition coefficient (Wildman–Crippen LogP) is 5.84. The van der Waals surface area contributed by atoms with Gasteiger partial charge < -0.3 is 4.90 Å². The molecular formula is C25H22F3N3O. The molecule has 0 fully saturated rings. The highest BCUT2D eigenvalue weighted by molar-refractivity contribution is 5.95. The molecule has 0 saturated heterocycles. The summed E-state index contributed by atoms with van der Waals surface area (Å²) in [6, 6.07) is 16.2. The Labute approximate surface area is 183 Å². The Morgan fingerprint density at radius 2 is 1.81 bits per heavy atom. The summed E-state index contributed by atoms with van der Waals surface area (Å²) in [5.41, 5.74) is 3.61. The molecule has 0 radical (unpaired) electrons. The van der Waals surface area contributed by atoms with Crippen LogP contribution in [0.2, 0.25) is 0 Å². The van der Waals surface area contributed by atoms with Gasteiger partial charge >= 0.3 is 6.18 Å². The van der Waals surface area contributed by atoms with E-state index in [4.69, 9.17) is 0 Å². The maximum atomic E-state index is 13.1. The van der Waals surface area contributed by atoms with E-state index >= 15 is 0 Å². The third-order valence-electron chi connectivity index (χ3n) is 5.57. The van der Waals surface area contributed by atoms with Gasteiger partial charge in [-0.3, -0.25) is 9.48 Å². The summed E-state index contributed by atoms with van der Waals surface area (Å²) in [5.74, 6) is -0.164. The van der Waals surface area contributed by atoms with Gasteiger partial charge in [-0.1, -0.05) is 36.4 Å². The van der Waals surface area contributed by atoms with Crippen molar-refractivity contribution in [3.63, 3.8) is 0 Å². The van der Waals surface area contributed by atoms with Crippen LogP contribution in [-0.2, 0) is 19.8 Å². The van der Waals surface area contributed by atoms with Crippen LogP contribution in [0.25, 0.3) is 22.0 Å². The van der Waals surface area contributed by atoms with Crippen molar-refractivity contribution < 1.29 is 18.0 Å². The number of hydrogen-bond donors (Lipinski definition) is 0. The van der Waals surface area contributed by atoms with Crippen molar-refractivity contribution in [2.75, 3.05) is 7.05 Å². The van der Waals surface area contributed by atoms with Crippen LogP contribution in [0.1, 0.15) is 27.0 Å². The molecule has 0 unspecified atom stereocenters. The van der Waals surface area contributed by atoms with E-state index in [1.807, 2.05) is 25.2 Å². The molecule has 0 aliphatic rings. The Balaban J connectivity index is 1.59. The smallest absolute Gasteiger partial charge is 0.337 e. The fourth-order valence-corrected chi connectivity index (χ4v) is 3.98. The fraction of sp³-hybridized carbons (Fsp3) is 0.200. The number of benzene rings is 3. The molecule has 0 aliphatic carbocycles. The molecule has 0 saturated carbocycles. The first-order valence-corrected chi connectivity index (χ1v) is 10.1. The number of aryl methyl sites for hydroxylation is 2. The maximum Gasteiger partial charge on any atom is 0.416 e. The van der Waals surface area contributed by atoms with E-state index in [1.165, 1.54) is 6.07 Å². The van der Waals surface area contributed by atoms with Crippen molar-refractivity contribution >= 4 is 16.8 Å². The van der Waals surface area contributed by atoms with Crippen LogP contribution in [0, 0.1) is 6.92 Å². The summed E-state index contributed by atoms with van der Waals surface area (Å²) in [6.07, 6.45) is -2.62. The first kappa shape index (κ1) is 21.6. The number of nitrogens with zero attached hydrogens (tertiary/aromatic N) is 3. The number of carbonyl (C=O) groups excluding carboxylic acids is 1. The molecule has 1 amide bonds. The molecule has 4 aromatic rings. The second kappa shape index (κ2) is 8.15. The second-order valence-corrected chi connectivity index (χ2v) is 7.89. The fourth-order valence-electron chi connectivity index (χ4n) is 3.98. The highest BCUT2D eigenvalue weighted by Crippen LogP contribution is 2.33. The molecule has 0 atom stereocenters. The lowest BCUT2D eigenvalue weighted by Gasteiger charge is -2.19. The summed E-state index contributed by atoms with van der Waals surface area (Å²) in [6.45, 7) is 2.20. The third kappa shape index (κ3) is 4.10. The van der Waals surface area contributed by atoms with Crippen molar-refractivity contribution in [2.24, 2.45) is 7.05 Å². The number of fused-ring (bicyclic) bond motifs is 1. The largest absolute Gasteiger partial charge is 0.416 e. The zero-order valence-corrected chi connectivity index (χ0v) is 17.9. The maximum absolute atomic E-state index is 13.1. The van der Waals surface area contributed by atoms with Gasteiger partial charge in [-0.25, -0.2) is 0 Å². The van der Waals surface area contributed by atoms with Crippen LogP contribution in [0.4, 0.5) is 13.2 Å². The van der Waals surface area contributed by atoms with Gasteiger partial charge in [0, 0.05) is 31.6 Å². The number of aromatic nitrogens is 2. The van der Waals surface area contributed by atoms with Gasteiger partial charge in [0.25, 0.3) is 5.91 Å². The summed E-state index contributed by atoms with van der Waals surface area (Å²) < 4.78 is 41.0. The van der Waals surface area contributed by atoms with Crippen LogP contribution < -0.4 is 0 Å². The SMILES string of the molecule is Cc1cc(C(=O)N(C)Cc2cccc3cnn(C)c23)ccc1-c1cccc(C(F)(F)F)c1. The minimum Gasteiger partial charge on any atom is -0.337 e.